The first kappa shape index (κ1) is 12.3. The third kappa shape index (κ3) is 2.57. The molecule has 0 atom stereocenters. The van der Waals surface area contributed by atoms with Crippen molar-refractivity contribution < 1.29 is 9.66 Å². The van der Waals surface area contributed by atoms with Gasteiger partial charge < -0.3 is 4.74 Å². The van der Waals surface area contributed by atoms with Gasteiger partial charge in [-0.3, -0.25) is 15.0 Å². The predicted octanol–water partition coefficient (Wildman–Crippen LogP) is 1.90. The van der Waals surface area contributed by atoms with Gasteiger partial charge in [0.25, 0.3) is 5.69 Å². The second kappa shape index (κ2) is 5.47. The molecule has 1 aliphatic heterocycles. The molecule has 1 saturated heterocycles. The van der Waals surface area contributed by atoms with E-state index in [9.17, 15) is 10.1 Å². The van der Waals surface area contributed by atoms with E-state index in [-0.39, 0.29) is 17.0 Å². The number of nitro groups is 1. The molecule has 2 rings (SSSR count). The van der Waals surface area contributed by atoms with Crippen LogP contribution in [0.5, 0.6) is 5.75 Å². The molecule has 94 valence electrons. The molecule has 1 aromatic carbocycles. The van der Waals surface area contributed by atoms with Gasteiger partial charge in [-0.1, -0.05) is 6.07 Å². The van der Waals surface area contributed by atoms with E-state index in [4.69, 9.17) is 10.00 Å². The van der Waals surface area contributed by atoms with E-state index in [0.717, 1.165) is 25.9 Å². The summed E-state index contributed by atoms with van der Waals surface area (Å²) >= 11 is 0. The summed E-state index contributed by atoms with van der Waals surface area (Å²) in [7, 11) is 0. The number of ether oxygens (including phenoxy) is 1. The van der Waals surface area contributed by atoms with Gasteiger partial charge in [-0.05, 0) is 18.9 Å². The fourth-order valence-corrected chi connectivity index (χ4v) is 1.98. The van der Waals surface area contributed by atoms with E-state index in [2.05, 4.69) is 4.90 Å². The summed E-state index contributed by atoms with van der Waals surface area (Å²) in [6.07, 6.45) is 2.28. The first-order chi connectivity index (χ1) is 8.72. The molecular formula is C12H13N3O3. The second-order valence-electron chi connectivity index (χ2n) is 4.12. The summed E-state index contributed by atoms with van der Waals surface area (Å²) in [5, 5.41) is 19.8. The summed E-state index contributed by atoms with van der Waals surface area (Å²) < 4.78 is 5.50. The Morgan fingerprint density at radius 3 is 2.78 bits per heavy atom. The molecule has 0 amide bonds. The SMILES string of the molecule is N#Cc1c(OCN2CCCC2)cccc1[N+](=O)[O-]. The topological polar surface area (TPSA) is 79.4 Å². The summed E-state index contributed by atoms with van der Waals surface area (Å²) in [6, 6.07) is 6.25. The summed E-state index contributed by atoms with van der Waals surface area (Å²) in [6.45, 7) is 2.31. The van der Waals surface area contributed by atoms with Gasteiger partial charge in [0, 0.05) is 19.2 Å². The maximum absolute atomic E-state index is 10.8. The van der Waals surface area contributed by atoms with Crippen LogP contribution in [0.2, 0.25) is 0 Å². The van der Waals surface area contributed by atoms with Crippen molar-refractivity contribution in [2.24, 2.45) is 0 Å². The van der Waals surface area contributed by atoms with Gasteiger partial charge in [0.05, 0.1) is 4.92 Å². The number of likely N-dealkylation sites (tertiary alicyclic amines) is 1. The summed E-state index contributed by atoms with van der Waals surface area (Å²) in [5.41, 5.74) is -0.224. The molecule has 1 heterocycles. The van der Waals surface area contributed by atoms with Crippen molar-refractivity contribution in [1.82, 2.24) is 4.90 Å². The van der Waals surface area contributed by atoms with Crippen LogP contribution in [0.4, 0.5) is 5.69 Å². The van der Waals surface area contributed by atoms with Crippen molar-refractivity contribution in [2.45, 2.75) is 12.8 Å². The number of rotatable bonds is 4. The minimum Gasteiger partial charge on any atom is -0.476 e. The molecule has 6 heteroatoms. The molecule has 1 aliphatic rings. The van der Waals surface area contributed by atoms with Gasteiger partial charge in [-0.25, -0.2) is 0 Å². The van der Waals surface area contributed by atoms with Crippen molar-refractivity contribution in [3.8, 4) is 11.8 Å². The van der Waals surface area contributed by atoms with Crippen LogP contribution >= 0.6 is 0 Å². The highest BCUT2D eigenvalue weighted by Crippen LogP contribution is 2.27. The van der Waals surface area contributed by atoms with E-state index >= 15 is 0 Å². The maximum atomic E-state index is 10.8. The molecule has 0 bridgehead atoms. The smallest absolute Gasteiger partial charge is 0.290 e. The van der Waals surface area contributed by atoms with Crippen molar-refractivity contribution >= 4 is 5.69 Å². The Morgan fingerprint density at radius 1 is 1.44 bits per heavy atom. The third-order valence-electron chi connectivity index (χ3n) is 2.91. The van der Waals surface area contributed by atoms with E-state index in [0.29, 0.717) is 6.73 Å². The molecule has 1 aromatic rings. The Balaban J connectivity index is 2.14. The fraction of sp³-hybridized carbons (Fsp3) is 0.417. The third-order valence-corrected chi connectivity index (χ3v) is 2.91. The van der Waals surface area contributed by atoms with Gasteiger partial charge in [0.2, 0.25) is 0 Å². The van der Waals surface area contributed by atoms with Crippen molar-refractivity contribution in [1.29, 1.82) is 5.26 Å². The summed E-state index contributed by atoms with van der Waals surface area (Å²) in [4.78, 5) is 12.3. The zero-order valence-corrected chi connectivity index (χ0v) is 9.83. The van der Waals surface area contributed by atoms with E-state index < -0.39 is 4.92 Å². The highest BCUT2D eigenvalue weighted by molar-refractivity contribution is 5.56. The number of hydrogen-bond donors (Lipinski definition) is 0. The molecule has 0 saturated carbocycles. The quantitative estimate of drug-likeness (QED) is 0.599. The minimum atomic E-state index is -0.568. The Morgan fingerprint density at radius 2 is 2.17 bits per heavy atom. The van der Waals surface area contributed by atoms with Crippen LogP contribution in [0.15, 0.2) is 18.2 Å². The predicted molar refractivity (Wildman–Crippen MR) is 64.1 cm³/mol. The average molecular weight is 247 g/mol. The molecule has 0 spiro atoms. The molecule has 1 fully saturated rings. The normalized spacial score (nSPS) is 15.3. The lowest BCUT2D eigenvalue weighted by Gasteiger charge is -2.16. The lowest BCUT2D eigenvalue weighted by atomic mass is 10.2. The lowest BCUT2D eigenvalue weighted by Crippen LogP contribution is -2.24. The van der Waals surface area contributed by atoms with Gasteiger partial charge >= 0.3 is 0 Å². The Bertz CT molecular complexity index is 490. The summed E-state index contributed by atoms with van der Waals surface area (Å²) in [5.74, 6) is 0.276. The van der Waals surface area contributed by atoms with Crippen LogP contribution in [-0.4, -0.2) is 29.6 Å². The Labute approximate surface area is 105 Å². The number of nitriles is 1. The van der Waals surface area contributed by atoms with Crippen LogP contribution < -0.4 is 4.74 Å². The molecule has 0 unspecified atom stereocenters. The van der Waals surface area contributed by atoms with Crippen molar-refractivity contribution in [3.05, 3.63) is 33.9 Å². The molecule has 0 N–H and O–H groups in total. The number of hydrogen-bond acceptors (Lipinski definition) is 5. The van der Waals surface area contributed by atoms with E-state index in [1.54, 1.807) is 6.07 Å². The van der Waals surface area contributed by atoms with Gasteiger partial charge in [-0.2, -0.15) is 5.26 Å². The zero-order chi connectivity index (χ0) is 13.0. The molecule has 0 aliphatic carbocycles. The molecule has 6 nitrogen and oxygen atoms in total. The van der Waals surface area contributed by atoms with Crippen LogP contribution in [0.3, 0.4) is 0 Å². The molecule has 0 radical (unpaired) electrons. The first-order valence-electron chi connectivity index (χ1n) is 5.75. The van der Waals surface area contributed by atoms with Crippen LogP contribution in [0, 0.1) is 21.4 Å². The van der Waals surface area contributed by atoms with Crippen LogP contribution in [0.1, 0.15) is 18.4 Å². The second-order valence-corrected chi connectivity index (χ2v) is 4.12. The molecule has 18 heavy (non-hydrogen) atoms. The van der Waals surface area contributed by atoms with E-state index in [1.165, 1.54) is 12.1 Å². The number of benzene rings is 1. The number of nitro benzene ring substituents is 1. The van der Waals surface area contributed by atoms with Gasteiger partial charge in [0.1, 0.15) is 18.5 Å². The Kier molecular flexibility index (Phi) is 3.75. The maximum Gasteiger partial charge on any atom is 0.290 e. The minimum absolute atomic E-state index is 0.0123. The van der Waals surface area contributed by atoms with Gasteiger partial charge in [0.15, 0.2) is 5.56 Å². The monoisotopic (exact) mass is 247 g/mol. The fourth-order valence-electron chi connectivity index (χ4n) is 1.98. The van der Waals surface area contributed by atoms with E-state index in [1.807, 2.05) is 6.07 Å². The largest absolute Gasteiger partial charge is 0.476 e. The standard InChI is InChI=1S/C12H13N3O3/c13-8-10-11(15(16)17)4-3-5-12(10)18-9-14-6-1-2-7-14/h3-5H,1-2,6-7,9H2. The van der Waals surface area contributed by atoms with Gasteiger partial charge in [-0.15, -0.1) is 0 Å². The highest BCUT2D eigenvalue weighted by Gasteiger charge is 2.19. The number of nitrogens with zero attached hydrogens (tertiary/aromatic N) is 3. The Hall–Kier alpha value is -2.13. The van der Waals surface area contributed by atoms with Crippen LogP contribution in [-0.2, 0) is 0 Å². The van der Waals surface area contributed by atoms with Crippen molar-refractivity contribution in [3.63, 3.8) is 0 Å². The van der Waals surface area contributed by atoms with Crippen LogP contribution in [0.25, 0.3) is 0 Å². The first-order valence-corrected chi connectivity index (χ1v) is 5.75. The average Bonchev–Trinajstić information content (AvgIpc) is 2.88. The lowest BCUT2D eigenvalue weighted by molar-refractivity contribution is -0.385. The zero-order valence-electron chi connectivity index (χ0n) is 9.83. The van der Waals surface area contributed by atoms with Crippen molar-refractivity contribution in [2.75, 3.05) is 19.8 Å². The highest BCUT2D eigenvalue weighted by atomic mass is 16.6. The molecule has 0 aromatic heterocycles. The molecular weight excluding hydrogens is 234 g/mol.